The summed E-state index contributed by atoms with van der Waals surface area (Å²) in [6.07, 6.45) is 1.57. The maximum Gasteiger partial charge on any atom is 0.147 e. The van der Waals surface area contributed by atoms with Crippen molar-refractivity contribution in [3.05, 3.63) is 52.3 Å². The molecule has 1 aromatic heterocycles. The fourth-order valence-corrected chi connectivity index (χ4v) is 2.50. The number of pyridine rings is 1. The first-order valence-electron chi connectivity index (χ1n) is 6.21. The number of aromatic nitrogens is 1. The Balaban J connectivity index is 2.25. The van der Waals surface area contributed by atoms with Gasteiger partial charge in [-0.3, -0.25) is 4.98 Å². The topological polar surface area (TPSA) is 34.1 Å². The Labute approximate surface area is 128 Å². The molecule has 0 bridgehead atoms. The molecule has 0 atom stereocenters. The van der Waals surface area contributed by atoms with Crippen LogP contribution in [0.5, 0.6) is 5.75 Å². The molecule has 0 spiro atoms. The van der Waals surface area contributed by atoms with Crippen LogP contribution in [0.4, 0.5) is 5.69 Å². The summed E-state index contributed by atoms with van der Waals surface area (Å²) in [5.41, 5.74) is 1.03. The van der Waals surface area contributed by atoms with Crippen LogP contribution in [0.3, 0.4) is 0 Å². The van der Waals surface area contributed by atoms with Crippen LogP contribution in [0, 0.1) is 0 Å². The third kappa shape index (κ3) is 3.35. The summed E-state index contributed by atoms with van der Waals surface area (Å²) < 4.78 is 5.99. The molecule has 0 aliphatic rings. The van der Waals surface area contributed by atoms with Gasteiger partial charge in [0.25, 0.3) is 0 Å². The van der Waals surface area contributed by atoms with Crippen molar-refractivity contribution in [1.29, 1.82) is 0 Å². The first kappa shape index (κ1) is 14.9. The molecule has 0 amide bonds. The summed E-state index contributed by atoms with van der Waals surface area (Å²) in [5.74, 6) is 0.752. The summed E-state index contributed by atoms with van der Waals surface area (Å²) in [5, 5.41) is 4.06. The van der Waals surface area contributed by atoms with E-state index in [0.29, 0.717) is 15.7 Å². The van der Waals surface area contributed by atoms with Gasteiger partial charge in [-0.25, -0.2) is 0 Å². The van der Waals surface area contributed by atoms with Gasteiger partial charge < -0.3 is 10.1 Å². The lowest BCUT2D eigenvalue weighted by atomic mass is 10.0. The van der Waals surface area contributed by atoms with E-state index in [-0.39, 0.29) is 0 Å². The van der Waals surface area contributed by atoms with E-state index < -0.39 is 5.60 Å². The third-order valence-corrected chi connectivity index (χ3v) is 3.39. The zero-order chi connectivity index (χ0) is 14.8. The summed E-state index contributed by atoms with van der Waals surface area (Å²) in [6, 6.07) is 9.36. The van der Waals surface area contributed by atoms with Gasteiger partial charge in [0.05, 0.1) is 10.0 Å². The number of hydrogen-bond donors (Lipinski definition) is 1. The number of hydrogen-bond acceptors (Lipinski definition) is 3. The maximum absolute atomic E-state index is 6.19. The van der Waals surface area contributed by atoms with Gasteiger partial charge in [0.15, 0.2) is 0 Å². The van der Waals surface area contributed by atoms with Gasteiger partial charge in [-0.05, 0) is 44.2 Å². The first-order valence-corrected chi connectivity index (χ1v) is 6.96. The minimum atomic E-state index is -0.650. The van der Waals surface area contributed by atoms with Gasteiger partial charge in [-0.15, -0.1) is 0 Å². The molecule has 0 aliphatic heterocycles. The number of nitrogens with zero attached hydrogens (tertiary/aromatic N) is 1. The summed E-state index contributed by atoms with van der Waals surface area (Å²) in [4.78, 5) is 4.28. The number of benzene rings is 1. The van der Waals surface area contributed by atoms with Crippen LogP contribution in [0.15, 0.2) is 36.5 Å². The SMILES string of the molecule is CNc1ccc(OC(C)(C)c2ncc(Cl)cc2Cl)cc1. The molecule has 2 aromatic rings. The highest BCUT2D eigenvalue weighted by Crippen LogP contribution is 2.32. The van der Waals surface area contributed by atoms with Crippen LogP contribution in [-0.4, -0.2) is 12.0 Å². The molecular weight excluding hydrogens is 295 g/mol. The highest BCUT2D eigenvalue weighted by Gasteiger charge is 2.27. The molecule has 3 nitrogen and oxygen atoms in total. The average Bonchev–Trinajstić information content (AvgIpc) is 2.38. The fraction of sp³-hybridized carbons (Fsp3) is 0.267. The second kappa shape index (κ2) is 5.90. The van der Waals surface area contributed by atoms with Crippen molar-refractivity contribution in [3.8, 4) is 5.75 Å². The lowest BCUT2D eigenvalue weighted by molar-refractivity contribution is 0.104. The van der Waals surface area contributed by atoms with Crippen molar-refractivity contribution in [2.75, 3.05) is 12.4 Å². The van der Waals surface area contributed by atoms with Crippen molar-refractivity contribution in [1.82, 2.24) is 4.98 Å². The molecule has 106 valence electrons. The van der Waals surface area contributed by atoms with Crippen molar-refractivity contribution in [2.24, 2.45) is 0 Å². The van der Waals surface area contributed by atoms with E-state index in [0.717, 1.165) is 11.4 Å². The van der Waals surface area contributed by atoms with E-state index in [1.54, 1.807) is 12.3 Å². The highest BCUT2D eigenvalue weighted by atomic mass is 35.5. The van der Waals surface area contributed by atoms with Crippen LogP contribution in [0.1, 0.15) is 19.5 Å². The molecule has 1 heterocycles. The molecule has 5 heteroatoms. The summed E-state index contributed by atoms with van der Waals surface area (Å²) in [7, 11) is 1.87. The monoisotopic (exact) mass is 310 g/mol. The van der Waals surface area contributed by atoms with E-state index in [4.69, 9.17) is 27.9 Å². The van der Waals surface area contributed by atoms with E-state index in [2.05, 4.69) is 10.3 Å². The maximum atomic E-state index is 6.19. The van der Waals surface area contributed by atoms with E-state index in [1.807, 2.05) is 45.2 Å². The Hall–Kier alpha value is -1.45. The second-order valence-corrected chi connectivity index (χ2v) is 5.71. The number of halogens is 2. The van der Waals surface area contributed by atoms with E-state index in [1.165, 1.54) is 0 Å². The number of ether oxygens (including phenoxy) is 1. The molecule has 0 saturated heterocycles. The average molecular weight is 311 g/mol. The minimum absolute atomic E-state index is 0.495. The van der Waals surface area contributed by atoms with Gasteiger partial charge in [-0.2, -0.15) is 0 Å². The molecule has 0 radical (unpaired) electrons. The molecule has 1 N–H and O–H groups in total. The van der Waals surface area contributed by atoms with Crippen LogP contribution < -0.4 is 10.1 Å². The molecule has 0 aliphatic carbocycles. The predicted octanol–water partition coefficient (Wildman–Crippen LogP) is 4.74. The molecule has 0 unspecified atom stereocenters. The van der Waals surface area contributed by atoms with Crippen molar-refractivity contribution < 1.29 is 4.74 Å². The Morgan fingerprint density at radius 2 is 1.80 bits per heavy atom. The molecule has 0 fully saturated rings. The zero-order valence-electron chi connectivity index (χ0n) is 11.6. The predicted molar refractivity (Wildman–Crippen MR) is 83.9 cm³/mol. The minimum Gasteiger partial charge on any atom is -0.481 e. The van der Waals surface area contributed by atoms with E-state index >= 15 is 0 Å². The number of nitrogens with one attached hydrogen (secondary N) is 1. The van der Waals surface area contributed by atoms with Crippen LogP contribution in [-0.2, 0) is 5.60 Å². The smallest absolute Gasteiger partial charge is 0.147 e. The molecule has 0 saturated carbocycles. The van der Waals surface area contributed by atoms with Crippen molar-refractivity contribution in [2.45, 2.75) is 19.4 Å². The van der Waals surface area contributed by atoms with Gasteiger partial charge in [0, 0.05) is 18.9 Å². The van der Waals surface area contributed by atoms with Gasteiger partial charge in [0.1, 0.15) is 17.0 Å². The van der Waals surface area contributed by atoms with Gasteiger partial charge in [0.2, 0.25) is 0 Å². The van der Waals surface area contributed by atoms with Crippen molar-refractivity contribution >= 4 is 28.9 Å². The third-order valence-electron chi connectivity index (χ3n) is 2.89. The lowest BCUT2D eigenvalue weighted by Crippen LogP contribution is -2.27. The standard InChI is InChI=1S/C15H16Cl2N2O/c1-15(2,14-13(17)8-10(16)9-19-14)20-12-6-4-11(18-3)5-7-12/h4-9,18H,1-3H3. The van der Waals surface area contributed by atoms with E-state index in [9.17, 15) is 0 Å². The Kier molecular flexibility index (Phi) is 4.41. The van der Waals surface area contributed by atoms with Gasteiger partial charge in [-0.1, -0.05) is 23.2 Å². The molecule has 1 aromatic carbocycles. The number of anilines is 1. The molecular formula is C15H16Cl2N2O. The summed E-state index contributed by atoms with van der Waals surface area (Å²) >= 11 is 12.1. The quantitative estimate of drug-likeness (QED) is 0.885. The second-order valence-electron chi connectivity index (χ2n) is 4.87. The Morgan fingerprint density at radius 1 is 1.15 bits per heavy atom. The van der Waals surface area contributed by atoms with Crippen LogP contribution >= 0.6 is 23.2 Å². The van der Waals surface area contributed by atoms with Crippen LogP contribution in [0.25, 0.3) is 0 Å². The fourth-order valence-electron chi connectivity index (χ4n) is 1.89. The Morgan fingerprint density at radius 3 is 2.35 bits per heavy atom. The van der Waals surface area contributed by atoms with Gasteiger partial charge >= 0.3 is 0 Å². The molecule has 2 rings (SSSR count). The molecule has 20 heavy (non-hydrogen) atoms. The van der Waals surface area contributed by atoms with Crippen LogP contribution in [0.2, 0.25) is 10.0 Å². The zero-order valence-corrected chi connectivity index (χ0v) is 13.1. The van der Waals surface area contributed by atoms with Crippen molar-refractivity contribution in [3.63, 3.8) is 0 Å². The largest absolute Gasteiger partial charge is 0.481 e. The first-order chi connectivity index (χ1) is 9.42. The normalized spacial score (nSPS) is 11.2. The lowest BCUT2D eigenvalue weighted by Gasteiger charge is -2.27. The number of rotatable bonds is 4. The summed E-state index contributed by atoms with van der Waals surface area (Å²) in [6.45, 7) is 3.84. The highest BCUT2D eigenvalue weighted by molar-refractivity contribution is 6.34. The Bertz CT molecular complexity index is 597.